The molecule has 1 saturated heterocycles. The van der Waals surface area contributed by atoms with E-state index in [0.717, 1.165) is 26.1 Å². The van der Waals surface area contributed by atoms with Gasteiger partial charge in [-0.15, -0.1) is 0 Å². The number of piperidine rings is 1. The lowest BCUT2D eigenvalue weighted by Gasteiger charge is -2.35. The van der Waals surface area contributed by atoms with E-state index in [-0.39, 0.29) is 5.91 Å². The van der Waals surface area contributed by atoms with Crippen LogP contribution in [0.4, 0.5) is 0 Å². The fourth-order valence-corrected chi connectivity index (χ4v) is 3.15. The van der Waals surface area contributed by atoms with Crippen LogP contribution in [0.25, 0.3) is 0 Å². The highest BCUT2D eigenvalue weighted by Crippen LogP contribution is 2.20. The number of likely N-dealkylation sites (N-methyl/N-ethyl adjacent to an activating group) is 1. The van der Waals surface area contributed by atoms with Crippen LogP contribution in [0, 0.1) is 11.8 Å². The first-order valence-corrected chi connectivity index (χ1v) is 7.90. The van der Waals surface area contributed by atoms with Crippen LogP contribution in [0.3, 0.4) is 0 Å². The number of amides is 1. The molecule has 2 atom stereocenters. The molecule has 1 fully saturated rings. The number of carbonyl (C=O) groups excluding carboxylic acids is 1. The molecule has 0 spiro atoms. The van der Waals surface area contributed by atoms with Crippen LogP contribution in [0.15, 0.2) is 24.5 Å². The van der Waals surface area contributed by atoms with E-state index in [1.54, 1.807) is 0 Å². The Kier molecular flexibility index (Phi) is 5.74. The molecule has 0 aromatic carbocycles. The number of hydrogen-bond donors (Lipinski definition) is 0. The lowest BCUT2D eigenvalue weighted by atomic mass is 9.92. The van der Waals surface area contributed by atoms with Crippen molar-refractivity contribution in [1.82, 2.24) is 14.8 Å². The monoisotopic (exact) mass is 289 g/mol. The summed E-state index contributed by atoms with van der Waals surface area (Å²) in [4.78, 5) is 20.6. The van der Waals surface area contributed by atoms with Crippen molar-refractivity contribution < 1.29 is 4.79 Å². The van der Waals surface area contributed by atoms with E-state index in [9.17, 15) is 4.79 Å². The molecule has 0 unspecified atom stereocenters. The van der Waals surface area contributed by atoms with Crippen LogP contribution in [0.1, 0.15) is 25.8 Å². The predicted octanol–water partition coefficient (Wildman–Crippen LogP) is 2.06. The number of hydrogen-bond acceptors (Lipinski definition) is 3. The molecule has 21 heavy (non-hydrogen) atoms. The normalized spacial score (nSPS) is 22.6. The van der Waals surface area contributed by atoms with Gasteiger partial charge in [0.1, 0.15) is 0 Å². The number of carbonyl (C=O) groups is 1. The third kappa shape index (κ3) is 5.12. The molecule has 1 aromatic heterocycles. The molecule has 1 aliphatic rings. The second kappa shape index (κ2) is 7.55. The summed E-state index contributed by atoms with van der Waals surface area (Å²) in [5.41, 5.74) is 1.27. The SMILES string of the molecule is C[C@@H]1C[C@H](C)CN(C(=O)CN(C)CCc2ccncc2)C1. The largest absolute Gasteiger partial charge is 0.341 e. The Morgan fingerprint density at radius 1 is 1.29 bits per heavy atom. The van der Waals surface area contributed by atoms with E-state index in [4.69, 9.17) is 0 Å². The molecule has 0 bridgehead atoms. The fraction of sp³-hybridized carbons (Fsp3) is 0.647. The van der Waals surface area contributed by atoms with Crippen LogP contribution >= 0.6 is 0 Å². The Bertz CT molecular complexity index is 439. The highest BCUT2D eigenvalue weighted by Gasteiger charge is 2.25. The molecule has 0 saturated carbocycles. The molecular weight excluding hydrogens is 262 g/mol. The molecule has 116 valence electrons. The van der Waals surface area contributed by atoms with Crippen molar-refractivity contribution >= 4 is 5.91 Å². The molecule has 1 amide bonds. The van der Waals surface area contributed by atoms with Crippen molar-refractivity contribution in [2.24, 2.45) is 11.8 Å². The first kappa shape index (κ1) is 16.0. The van der Waals surface area contributed by atoms with E-state index in [0.29, 0.717) is 18.4 Å². The van der Waals surface area contributed by atoms with Gasteiger partial charge < -0.3 is 4.90 Å². The topological polar surface area (TPSA) is 36.4 Å². The zero-order valence-corrected chi connectivity index (χ0v) is 13.5. The zero-order chi connectivity index (χ0) is 15.2. The van der Waals surface area contributed by atoms with Crippen molar-refractivity contribution in [3.05, 3.63) is 30.1 Å². The van der Waals surface area contributed by atoms with Crippen LogP contribution in [-0.4, -0.2) is 53.9 Å². The maximum atomic E-state index is 12.4. The van der Waals surface area contributed by atoms with Gasteiger partial charge in [-0.05, 0) is 49.4 Å². The van der Waals surface area contributed by atoms with Crippen molar-refractivity contribution in [1.29, 1.82) is 0 Å². The maximum Gasteiger partial charge on any atom is 0.236 e. The molecule has 1 aliphatic heterocycles. The second-order valence-electron chi connectivity index (χ2n) is 6.59. The van der Waals surface area contributed by atoms with Gasteiger partial charge in [0, 0.05) is 32.0 Å². The average molecular weight is 289 g/mol. The van der Waals surface area contributed by atoms with Gasteiger partial charge >= 0.3 is 0 Å². The molecule has 4 heteroatoms. The molecular formula is C17H27N3O. The van der Waals surface area contributed by atoms with Crippen molar-refractivity contribution in [3.63, 3.8) is 0 Å². The minimum Gasteiger partial charge on any atom is -0.341 e. The Morgan fingerprint density at radius 2 is 1.90 bits per heavy atom. The minimum atomic E-state index is 0.269. The van der Waals surface area contributed by atoms with Gasteiger partial charge in [0.05, 0.1) is 6.54 Å². The number of aromatic nitrogens is 1. The smallest absolute Gasteiger partial charge is 0.236 e. The molecule has 2 rings (SSSR count). The van der Waals surface area contributed by atoms with E-state index in [1.165, 1.54) is 12.0 Å². The number of rotatable bonds is 5. The lowest BCUT2D eigenvalue weighted by molar-refractivity contribution is -0.134. The van der Waals surface area contributed by atoms with E-state index in [1.807, 2.05) is 36.5 Å². The summed E-state index contributed by atoms with van der Waals surface area (Å²) in [6, 6.07) is 4.06. The summed E-state index contributed by atoms with van der Waals surface area (Å²) in [5.74, 6) is 1.52. The molecule has 0 N–H and O–H groups in total. The van der Waals surface area contributed by atoms with Gasteiger partial charge in [-0.3, -0.25) is 14.7 Å². The van der Waals surface area contributed by atoms with Crippen LogP contribution in [-0.2, 0) is 11.2 Å². The first-order chi connectivity index (χ1) is 10.0. The highest BCUT2D eigenvalue weighted by atomic mass is 16.2. The van der Waals surface area contributed by atoms with Gasteiger partial charge in [-0.25, -0.2) is 0 Å². The molecule has 1 aromatic rings. The van der Waals surface area contributed by atoms with Gasteiger partial charge in [-0.2, -0.15) is 0 Å². The summed E-state index contributed by atoms with van der Waals surface area (Å²) in [7, 11) is 2.02. The fourth-order valence-electron chi connectivity index (χ4n) is 3.15. The maximum absolute atomic E-state index is 12.4. The van der Waals surface area contributed by atoms with Crippen molar-refractivity contribution in [2.45, 2.75) is 26.7 Å². The predicted molar refractivity (Wildman–Crippen MR) is 85.0 cm³/mol. The zero-order valence-electron chi connectivity index (χ0n) is 13.5. The van der Waals surface area contributed by atoms with E-state index >= 15 is 0 Å². The van der Waals surface area contributed by atoms with Gasteiger partial charge in [0.15, 0.2) is 0 Å². The standard InChI is InChI=1S/C17H27N3O/c1-14-10-15(2)12-20(11-14)17(21)13-19(3)9-6-16-4-7-18-8-5-16/h4-5,7-8,14-15H,6,9-13H2,1-3H3/t14-,15+. The van der Waals surface area contributed by atoms with Crippen LogP contribution in [0.5, 0.6) is 0 Å². The first-order valence-electron chi connectivity index (χ1n) is 7.90. The number of likely N-dealkylation sites (tertiary alicyclic amines) is 1. The molecule has 4 nitrogen and oxygen atoms in total. The Morgan fingerprint density at radius 3 is 2.52 bits per heavy atom. The van der Waals surface area contributed by atoms with Gasteiger partial charge in [-0.1, -0.05) is 13.8 Å². The highest BCUT2D eigenvalue weighted by molar-refractivity contribution is 5.78. The van der Waals surface area contributed by atoms with Crippen molar-refractivity contribution in [3.8, 4) is 0 Å². The van der Waals surface area contributed by atoms with E-state index < -0.39 is 0 Å². The van der Waals surface area contributed by atoms with Crippen LogP contribution in [0.2, 0.25) is 0 Å². The third-order valence-corrected chi connectivity index (χ3v) is 4.16. The summed E-state index contributed by atoms with van der Waals surface area (Å²) in [5, 5.41) is 0. The summed E-state index contributed by atoms with van der Waals surface area (Å²) in [6.45, 7) is 7.73. The van der Waals surface area contributed by atoms with Gasteiger partial charge in [0.25, 0.3) is 0 Å². The quantitative estimate of drug-likeness (QED) is 0.832. The van der Waals surface area contributed by atoms with Crippen molar-refractivity contribution in [2.75, 3.05) is 33.2 Å². The van der Waals surface area contributed by atoms with Gasteiger partial charge in [0.2, 0.25) is 5.91 Å². The second-order valence-corrected chi connectivity index (χ2v) is 6.59. The summed E-state index contributed by atoms with van der Waals surface area (Å²) in [6.07, 6.45) is 5.83. The number of nitrogens with zero attached hydrogens (tertiary/aromatic N) is 3. The van der Waals surface area contributed by atoms with Crippen LogP contribution < -0.4 is 0 Å². The Labute approximate surface area is 128 Å². The third-order valence-electron chi connectivity index (χ3n) is 4.16. The average Bonchev–Trinajstić information content (AvgIpc) is 2.45. The number of pyridine rings is 1. The lowest BCUT2D eigenvalue weighted by Crippen LogP contribution is -2.46. The summed E-state index contributed by atoms with van der Waals surface area (Å²) >= 11 is 0. The molecule has 0 aliphatic carbocycles. The molecule has 0 radical (unpaired) electrons. The Balaban J connectivity index is 1.76. The molecule has 2 heterocycles. The minimum absolute atomic E-state index is 0.269. The van der Waals surface area contributed by atoms with E-state index in [2.05, 4.69) is 23.7 Å². The summed E-state index contributed by atoms with van der Waals surface area (Å²) < 4.78 is 0. The Hall–Kier alpha value is -1.42.